The molecule has 1 fully saturated rings. The molecule has 1 N–H and O–H groups in total. The number of rotatable bonds is 8. The van der Waals surface area contributed by atoms with Crippen LogP contribution in [-0.4, -0.2) is 37.4 Å². The molecule has 1 aromatic carbocycles. The van der Waals surface area contributed by atoms with Crippen LogP contribution in [0.15, 0.2) is 16.7 Å². The van der Waals surface area contributed by atoms with Gasteiger partial charge in [-0.15, -0.1) is 0 Å². The number of ether oxygens (including phenoxy) is 3. The van der Waals surface area contributed by atoms with Crippen molar-refractivity contribution in [3.05, 3.63) is 18.0 Å². The lowest BCUT2D eigenvalue weighted by Crippen LogP contribution is -2.35. The highest BCUT2D eigenvalue weighted by molar-refractivity contribution is 5.79. The summed E-state index contributed by atoms with van der Waals surface area (Å²) in [6.45, 7) is 4.03. The smallest absolute Gasteiger partial charge is 0.249 e. The van der Waals surface area contributed by atoms with Crippen molar-refractivity contribution >= 4 is 5.91 Å². The van der Waals surface area contributed by atoms with E-state index in [2.05, 4.69) is 15.5 Å². The zero-order valence-corrected chi connectivity index (χ0v) is 17.7. The molecule has 0 bridgehead atoms. The first-order valence-electron chi connectivity index (χ1n) is 9.92. The van der Waals surface area contributed by atoms with Crippen molar-refractivity contribution in [1.82, 2.24) is 15.5 Å². The molecule has 0 radical (unpaired) electrons. The summed E-state index contributed by atoms with van der Waals surface area (Å²) in [6.07, 6.45) is 4.10. The van der Waals surface area contributed by atoms with Gasteiger partial charge in [-0.05, 0) is 30.9 Å². The van der Waals surface area contributed by atoms with Crippen LogP contribution in [0.5, 0.6) is 17.2 Å². The molecule has 1 unspecified atom stereocenters. The summed E-state index contributed by atoms with van der Waals surface area (Å²) in [5, 5.41) is 7.21. The van der Waals surface area contributed by atoms with Crippen LogP contribution in [0.3, 0.4) is 0 Å². The fraction of sp³-hybridized carbons (Fsp3) is 0.571. The Morgan fingerprint density at radius 3 is 2.24 bits per heavy atom. The third-order valence-electron chi connectivity index (χ3n) is 5.32. The monoisotopic (exact) mass is 403 g/mol. The summed E-state index contributed by atoms with van der Waals surface area (Å²) in [5.74, 6) is 2.52. The molecule has 8 heteroatoms. The quantitative estimate of drug-likeness (QED) is 0.717. The summed E-state index contributed by atoms with van der Waals surface area (Å²) >= 11 is 0. The largest absolute Gasteiger partial charge is 0.493 e. The van der Waals surface area contributed by atoms with Crippen LogP contribution in [0.2, 0.25) is 0 Å². The normalized spacial score (nSPS) is 15.4. The van der Waals surface area contributed by atoms with Gasteiger partial charge in [-0.2, -0.15) is 4.98 Å². The van der Waals surface area contributed by atoms with Gasteiger partial charge in [0.2, 0.25) is 23.4 Å². The predicted octanol–water partition coefficient (Wildman–Crippen LogP) is 3.77. The number of nitrogens with zero attached hydrogens (tertiary/aromatic N) is 2. The second kappa shape index (κ2) is 9.15. The first-order chi connectivity index (χ1) is 14.0. The van der Waals surface area contributed by atoms with Gasteiger partial charge in [0.15, 0.2) is 11.5 Å². The van der Waals surface area contributed by atoms with Crippen LogP contribution >= 0.6 is 0 Å². The zero-order chi connectivity index (χ0) is 21.0. The van der Waals surface area contributed by atoms with Crippen LogP contribution < -0.4 is 19.5 Å². The number of carbonyl (C=O) groups excluding carboxylic acids is 1. The summed E-state index contributed by atoms with van der Waals surface area (Å²) in [7, 11) is 4.65. The topological polar surface area (TPSA) is 95.7 Å². The Hall–Kier alpha value is -2.77. The Balaban J connectivity index is 1.87. The van der Waals surface area contributed by atoms with Crippen molar-refractivity contribution in [3.8, 4) is 28.6 Å². The lowest BCUT2D eigenvalue weighted by Gasteiger charge is -2.20. The van der Waals surface area contributed by atoms with Crippen molar-refractivity contribution in [2.75, 3.05) is 21.3 Å². The standard InChI is InChI=1S/C21H29N3O5/c1-12(2)17(22-20(25)13-8-6-7-9-13)21-23-19(24-29-21)14-10-15(26-3)18(28-5)16(11-14)27-4/h10-13,17H,6-9H2,1-5H3,(H,22,25). The van der Waals surface area contributed by atoms with E-state index in [0.29, 0.717) is 34.5 Å². The lowest BCUT2D eigenvalue weighted by molar-refractivity contribution is -0.126. The van der Waals surface area contributed by atoms with Crippen LogP contribution in [0.25, 0.3) is 11.4 Å². The van der Waals surface area contributed by atoms with E-state index in [9.17, 15) is 4.79 Å². The van der Waals surface area contributed by atoms with E-state index in [1.807, 2.05) is 13.8 Å². The average molecular weight is 403 g/mol. The highest BCUT2D eigenvalue weighted by Crippen LogP contribution is 2.40. The minimum Gasteiger partial charge on any atom is -0.493 e. The first kappa shape index (κ1) is 21.0. The summed E-state index contributed by atoms with van der Waals surface area (Å²) in [4.78, 5) is 17.1. The molecule has 0 spiro atoms. The molecule has 1 aliphatic rings. The molecule has 1 saturated carbocycles. The van der Waals surface area contributed by atoms with Gasteiger partial charge in [0.25, 0.3) is 0 Å². The fourth-order valence-electron chi connectivity index (χ4n) is 3.66. The van der Waals surface area contributed by atoms with Gasteiger partial charge < -0.3 is 24.1 Å². The Morgan fingerprint density at radius 1 is 1.10 bits per heavy atom. The molecule has 1 aliphatic carbocycles. The van der Waals surface area contributed by atoms with Gasteiger partial charge in [-0.25, -0.2) is 0 Å². The van der Waals surface area contributed by atoms with Gasteiger partial charge >= 0.3 is 0 Å². The van der Waals surface area contributed by atoms with E-state index in [1.165, 1.54) is 0 Å². The zero-order valence-electron chi connectivity index (χ0n) is 17.7. The molecule has 1 amide bonds. The van der Waals surface area contributed by atoms with Gasteiger partial charge in [0, 0.05) is 11.5 Å². The van der Waals surface area contributed by atoms with Crippen molar-refractivity contribution in [2.24, 2.45) is 11.8 Å². The number of hydrogen-bond donors (Lipinski definition) is 1. The molecule has 3 rings (SSSR count). The second-order valence-electron chi connectivity index (χ2n) is 7.58. The number of aromatic nitrogens is 2. The Kier molecular flexibility index (Phi) is 6.61. The number of amides is 1. The molecule has 1 atom stereocenters. The Morgan fingerprint density at radius 2 is 1.72 bits per heavy atom. The molecule has 2 aromatic rings. The summed E-state index contributed by atoms with van der Waals surface area (Å²) < 4.78 is 21.7. The number of benzene rings is 1. The van der Waals surface area contributed by atoms with E-state index in [4.69, 9.17) is 18.7 Å². The van der Waals surface area contributed by atoms with Crippen LogP contribution in [0.1, 0.15) is 51.5 Å². The van der Waals surface area contributed by atoms with Gasteiger partial charge in [-0.3, -0.25) is 4.79 Å². The molecule has 1 aromatic heterocycles. The van der Waals surface area contributed by atoms with E-state index in [-0.39, 0.29) is 23.8 Å². The van der Waals surface area contributed by atoms with Crippen LogP contribution in [-0.2, 0) is 4.79 Å². The van der Waals surface area contributed by atoms with E-state index in [1.54, 1.807) is 33.5 Å². The fourth-order valence-corrected chi connectivity index (χ4v) is 3.66. The van der Waals surface area contributed by atoms with E-state index >= 15 is 0 Å². The minimum absolute atomic E-state index is 0.0636. The maximum Gasteiger partial charge on any atom is 0.249 e. The molecule has 0 saturated heterocycles. The van der Waals surface area contributed by atoms with Crippen molar-refractivity contribution in [3.63, 3.8) is 0 Å². The molecule has 8 nitrogen and oxygen atoms in total. The van der Waals surface area contributed by atoms with E-state index in [0.717, 1.165) is 25.7 Å². The van der Waals surface area contributed by atoms with Crippen molar-refractivity contribution < 1.29 is 23.5 Å². The maximum atomic E-state index is 12.6. The van der Waals surface area contributed by atoms with Crippen LogP contribution in [0, 0.1) is 11.8 Å². The van der Waals surface area contributed by atoms with Crippen molar-refractivity contribution in [1.29, 1.82) is 0 Å². The number of methoxy groups -OCH3 is 3. The average Bonchev–Trinajstić information content (AvgIpc) is 3.42. The molecule has 0 aliphatic heterocycles. The number of carbonyl (C=O) groups is 1. The first-order valence-corrected chi connectivity index (χ1v) is 9.92. The molecule has 158 valence electrons. The molecular formula is C21H29N3O5. The molecule has 1 heterocycles. The molecule has 29 heavy (non-hydrogen) atoms. The van der Waals surface area contributed by atoms with Gasteiger partial charge in [-0.1, -0.05) is 31.8 Å². The third-order valence-corrected chi connectivity index (χ3v) is 5.32. The Bertz CT molecular complexity index is 818. The second-order valence-corrected chi connectivity index (χ2v) is 7.58. The van der Waals surface area contributed by atoms with Gasteiger partial charge in [0.1, 0.15) is 6.04 Å². The third kappa shape index (κ3) is 4.46. The van der Waals surface area contributed by atoms with Crippen LogP contribution in [0.4, 0.5) is 0 Å². The summed E-state index contributed by atoms with van der Waals surface area (Å²) in [5.41, 5.74) is 0.666. The summed E-state index contributed by atoms with van der Waals surface area (Å²) in [6, 6.07) is 3.18. The highest BCUT2D eigenvalue weighted by Gasteiger charge is 2.30. The van der Waals surface area contributed by atoms with E-state index < -0.39 is 0 Å². The predicted molar refractivity (Wildman–Crippen MR) is 107 cm³/mol. The minimum atomic E-state index is -0.341. The maximum absolute atomic E-state index is 12.6. The Labute approximate surface area is 170 Å². The highest BCUT2D eigenvalue weighted by atomic mass is 16.5. The lowest BCUT2D eigenvalue weighted by atomic mass is 10.0. The van der Waals surface area contributed by atoms with Gasteiger partial charge in [0.05, 0.1) is 21.3 Å². The van der Waals surface area contributed by atoms with Crippen molar-refractivity contribution in [2.45, 2.75) is 45.6 Å². The number of hydrogen-bond acceptors (Lipinski definition) is 7. The number of nitrogens with one attached hydrogen (secondary N) is 1. The SMILES string of the molecule is COc1cc(-c2noc(C(NC(=O)C3CCCC3)C(C)C)n2)cc(OC)c1OC. The molecular weight excluding hydrogens is 374 g/mol.